The van der Waals surface area contributed by atoms with Crippen molar-refractivity contribution in [2.75, 3.05) is 6.61 Å². The topological polar surface area (TPSA) is 98.6 Å². The molecule has 0 amide bonds. The molecule has 1 atom stereocenters. The van der Waals surface area contributed by atoms with Gasteiger partial charge in [-0.3, -0.25) is 13.9 Å². The van der Waals surface area contributed by atoms with Crippen LogP contribution in [0.5, 0.6) is 11.5 Å². The molecule has 0 radical (unpaired) electrons. The van der Waals surface area contributed by atoms with E-state index in [1.54, 1.807) is 37.4 Å². The highest BCUT2D eigenvalue weighted by Crippen LogP contribution is 2.49. The van der Waals surface area contributed by atoms with Crippen molar-refractivity contribution in [3.8, 4) is 22.8 Å². The van der Waals surface area contributed by atoms with Gasteiger partial charge in [0.1, 0.15) is 6.10 Å². The number of para-hydroxylation sites is 1. The van der Waals surface area contributed by atoms with Crippen LogP contribution in [-0.2, 0) is 24.4 Å². The van der Waals surface area contributed by atoms with E-state index in [4.69, 9.17) is 27.9 Å². The molecule has 182 valence electrons. The van der Waals surface area contributed by atoms with Gasteiger partial charge in [-0.2, -0.15) is 0 Å². The van der Waals surface area contributed by atoms with E-state index >= 15 is 0 Å². The number of benzene rings is 2. The molecule has 1 aliphatic heterocycles. The molecule has 10 heteroatoms. The SMILES string of the molecule is Cn1c(=O)c2c(-c3ccc(Cl)cc3Cl)n3c(c2n(C)c1=O)[C@@H](c1cccc(O)c1O)OCC3(C)C. The van der Waals surface area contributed by atoms with Crippen molar-refractivity contribution in [2.24, 2.45) is 14.1 Å². The molecular weight excluding hydrogens is 493 g/mol. The van der Waals surface area contributed by atoms with Crippen LogP contribution in [0.2, 0.25) is 10.0 Å². The highest BCUT2D eigenvalue weighted by atomic mass is 35.5. The molecule has 4 aromatic rings. The summed E-state index contributed by atoms with van der Waals surface area (Å²) in [5.41, 5.74) is 0.588. The molecule has 0 bridgehead atoms. The zero-order valence-electron chi connectivity index (χ0n) is 19.5. The fraction of sp³-hybridized carbons (Fsp3) is 0.280. The van der Waals surface area contributed by atoms with Crippen LogP contribution in [0.4, 0.5) is 0 Å². The first kappa shape index (κ1) is 23.5. The molecule has 0 saturated heterocycles. The largest absolute Gasteiger partial charge is 0.504 e. The normalized spacial score (nSPS) is 17.0. The second kappa shape index (κ2) is 7.91. The lowest BCUT2D eigenvalue weighted by Gasteiger charge is -2.39. The van der Waals surface area contributed by atoms with E-state index in [1.165, 1.54) is 17.7 Å². The predicted octanol–water partition coefficient (Wildman–Crippen LogP) is 4.28. The fourth-order valence-corrected chi connectivity index (χ4v) is 5.43. The number of nitrogens with zero attached hydrogens (tertiary/aromatic N) is 3. The maximum atomic E-state index is 13.6. The molecule has 2 aromatic heterocycles. The maximum absolute atomic E-state index is 13.6. The van der Waals surface area contributed by atoms with Crippen molar-refractivity contribution in [3.05, 3.63) is 78.5 Å². The minimum atomic E-state index is -0.879. The lowest BCUT2D eigenvalue weighted by Crippen LogP contribution is -2.40. The van der Waals surface area contributed by atoms with Crippen molar-refractivity contribution in [2.45, 2.75) is 25.5 Å². The molecule has 3 heterocycles. The van der Waals surface area contributed by atoms with Gasteiger partial charge < -0.3 is 19.5 Å². The second-order valence-electron chi connectivity index (χ2n) is 9.34. The number of rotatable bonds is 2. The van der Waals surface area contributed by atoms with Crippen LogP contribution in [0.3, 0.4) is 0 Å². The first-order valence-electron chi connectivity index (χ1n) is 10.9. The van der Waals surface area contributed by atoms with E-state index in [-0.39, 0.29) is 23.5 Å². The quantitative estimate of drug-likeness (QED) is 0.388. The number of hydrogen-bond acceptors (Lipinski definition) is 5. The van der Waals surface area contributed by atoms with E-state index in [0.29, 0.717) is 38.1 Å². The lowest BCUT2D eigenvalue weighted by atomic mass is 9.97. The number of aromatic nitrogens is 3. The Balaban J connectivity index is 2.05. The summed E-state index contributed by atoms with van der Waals surface area (Å²) in [6, 6.07) is 9.62. The molecule has 0 spiro atoms. The Kier molecular flexibility index (Phi) is 5.32. The van der Waals surface area contributed by atoms with Crippen molar-refractivity contribution in [1.29, 1.82) is 0 Å². The number of phenolic OH excluding ortho intramolecular Hbond substituents is 2. The standard InChI is InChI=1S/C25H23Cl2N3O5/c1-25(2)11-35-22(14-6-5-7-16(31)21(14)32)20-19-17(23(33)29(4)24(34)28(19)3)18(30(20)25)13-9-8-12(26)10-15(13)27/h5-10,22,31-32H,11H2,1-4H3/t22-/m1/s1. The van der Waals surface area contributed by atoms with Crippen molar-refractivity contribution in [3.63, 3.8) is 0 Å². The molecule has 0 fully saturated rings. The van der Waals surface area contributed by atoms with Crippen LogP contribution in [0.15, 0.2) is 46.0 Å². The highest BCUT2D eigenvalue weighted by molar-refractivity contribution is 6.36. The third-order valence-electron chi connectivity index (χ3n) is 6.58. The molecule has 0 unspecified atom stereocenters. The van der Waals surface area contributed by atoms with Gasteiger partial charge in [-0.05, 0) is 38.1 Å². The van der Waals surface area contributed by atoms with E-state index in [0.717, 1.165) is 4.57 Å². The van der Waals surface area contributed by atoms with Gasteiger partial charge in [0, 0.05) is 30.2 Å². The van der Waals surface area contributed by atoms with Gasteiger partial charge in [0.15, 0.2) is 11.5 Å². The van der Waals surface area contributed by atoms with Crippen molar-refractivity contribution in [1.82, 2.24) is 13.7 Å². The molecule has 8 nitrogen and oxygen atoms in total. The van der Waals surface area contributed by atoms with Gasteiger partial charge in [0.05, 0.1) is 39.5 Å². The number of aromatic hydroxyl groups is 2. The first-order chi connectivity index (χ1) is 16.5. The third kappa shape index (κ3) is 3.31. The minimum Gasteiger partial charge on any atom is -0.504 e. The Morgan fingerprint density at radius 2 is 1.77 bits per heavy atom. The molecule has 2 aromatic carbocycles. The Labute approximate surface area is 210 Å². The Morgan fingerprint density at radius 3 is 2.46 bits per heavy atom. The average Bonchev–Trinajstić information content (AvgIpc) is 3.16. The van der Waals surface area contributed by atoms with Gasteiger partial charge in [0.25, 0.3) is 5.56 Å². The summed E-state index contributed by atoms with van der Waals surface area (Å²) < 4.78 is 10.6. The zero-order valence-corrected chi connectivity index (χ0v) is 21.0. The second-order valence-corrected chi connectivity index (χ2v) is 10.2. The van der Waals surface area contributed by atoms with Crippen LogP contribution >= 0.6 is 23.2 Å². The summed E-state index contributed by atoms with van der Waals surface area (Å²) in [4.78, 5) is 26.6. The average molecular weight is 516 g/mol. The molecule has 2 N–H and O–H groups in total. The first-order valence-corrected chi connectivity index (χ1v) is 11.6. The van der Waals surface area contributed by atoms with Crippen LogP contribution in [0.25, 0.3) is 22.2 Å². The van der Waals surface area contributed by atoms with Gasteiger partial charge in [-0.15, -0.1) is 0 Å². The van der Waals surface area contributed by atoms with Gasteiger partial charge in [0.2, 0.25) is 0 Å². The van der Waals surface area contributed by atoms with E-state index in [2.05, 4.69) is 0 Å². The number of aryl methyl sites for hydroxylation is 1. The molecule has 1 aliphatic rings. The minimum absolute atomic E-state index is 0.215. The van der Waals surface area contributed by atoms with Crippen LogP contribution in [-0.4, -0.2) is 30.5 Å². The molecule has 0 aliphatic carbocycles. The highest BCUT2D eigenvalue weighted by Gasteiger charge is 2.42. The zero-order chi connectivity index (χ0) is 25.4. The third-order valence-corrected chi connectivity index (χ3v) is 7.13. The molecule has 35 heavy (non-hydrogen) atoms. The van der Waals surface area contributed by atoms with E-state index in [1.807, 2.05) is 18.4 Å². The number of fused-ring (bicyclic) bond motifs is 3. The van der Waals surface area contributed by atoms with Gasteiger partial charge in [-0.25, -0.2) is 4.79 Å². The van der Waals surface area contributed by atoms with Crippen molar-refractivity contribution < 1.29 is 14.9 Å². The van der Waals surface area contributed by atoms with Gasteiger partial charge in [-0.1, -0.05) is 35.3 Å². The monoisotopic (exact) mass is 515 g/mol. The van der Waals surface area contributed by atoms with Crippen molar-refractivity contribution >= 4 is 34.1 Å². The fourth-order valence-electron chi connectivity index (χ4n) is 4.93. The molecule has 5 rings (SSSR count). The summed E-state index contributed by atoms with van der Waals surface area (Å²) >= 11 is 12.8. The summed E-state index contributed by atoms with van der Waals surface area (Å²) in [5, 5.41) is 21.9. The van der Waals surface area contributed by atoms with Crippen LogP contribution in [0.1, 0.15) is 31.2 Å². The smallest absolute Gasteiger partial charge is 0.331 e. The summed E-state index contributed by atoms with van der Waals surface area (Å²) in [7, 11) is 3.01. The van der Waals surface area contributed by atoms with Gasteiger partial charge >= 0.3 is 5.69 Å². The number of ether oxygens (including phenoxy) is 1. The summed E-state index contributed by atoms with van der Waals surface area (Å²) in [6.45, 7) is 4.11. The number of halogens is 2. The predicted molar refractivity (Wildman–Crippen MR) is 135 cm³/mol. The summed E-state index contributed by atoms with van der Waals surface area (Å²) in [5.74, 6) is -0.637. The number of phenols is 2. The Morgan fingerprint density at radius 1 is 1.06 bits per heavy atom. The number of hydrogen-bond donors (Lipinski definition) is 2. The van der Waals surface area contributed by atoms with Crippen LogP contribution in [0, 0.1) is 0 Å². The molecular formula is C25H23Cl2N3O5. The van der Waals surface area contributed by atoms with E-state index in [9.17, 15) is 19.8 Å². The maximum Gasteiger partial charge on any atom is 0.331 e. The Bertz CT molecular complexity index is 1650. The van der Waals surface area contributed by atoms with Crippen LogP contribution < -0.4 is 11.2 Å². The summed E-state index contributed by atoms with van der Waals surface area (Å²) in [6.07, 6.45) is -0.879. The van der Waals surface area contributed by atoms with E-state index < -0.39 is 22.9 Å². The lowest BCUT2D eigenvalue weighted by molar-refractivity contribution is -0.00810. The molecule has 0 saturated carbocycles. The Hall–Kier alpha value is -3.20.